The SMILES string of the molecule is Cc1cccc(-c2nc(C(=O)NC3CCCCC3)nn2-c2ccc(C)c(Cl)c2)c1. The molecular weight excluding hydrogens is 384 g/mol. The lowest BCUT2D eigenvalue weighted by molar-refractivity contribution is 0.0917. The Hall–Kier alpha value is -2.66. The average molecular weight is 409 g/mol. The number of hydrogen-bond donors (Lipinski definition) is 1. The first-order valence-corrected chi connectivity index (χ1v) is 10.5. The van der Waals surface area contributed by atoms with E-state index in [0.29, 0.717) is 10.8 Å². The van der Waals surface area contributed by atoms with Crippen molar-refractivity contribution in [2.24, 2.45) is 0 Å². The highest BCUT2D eigenvalue weighted by Crippen LogP contribution is 2.25. The second-order valence-electron chi connectivity index (χ2n) is 7.78. The molecule has 29 heavy (non-hydrogen) atoms. The molecule has 0 bridgehead atoms. The molecule has 1 aliphatic carbocycles. The summed E-state index contributed by atoms with van der Waals surface area (Å²) in [7, 11) is 0. The molecule has 6 heteroatoms. The van der Waals surface area contributed by atoms with Gasteiger partial charge in [-0.3, -0.25) is 4.79 Å². The van der Waals surface area contributed by atoms with Crippen molar-refractivity contribution in [3.8, 4) is 17.1 Å². The zero-order valence-corrected chi connectivity index (χ0v) is 17.5. The van der Waals surface area contributed by atoms with Gasteiger partial charge in [0.25, 0.3) is 5.91 Å². The minimum atomic E-state index is -0.220. The van der Waals surface area contributed by atoms with Crippen molar-refractivity contribution < 1.29 is 4.79 Å². The molecule has 1 saturated carbocycles. The van der Waals surface area contributed by atoms with Gasteiger partial charge < -0.3 is 5.32 Å². The number of nitrogens with zero attached hydrogens (tertiary/aromatic N) is 3. The Balaban J connectivity index is 1.73. The molecule has 0 atom stereocenters. The second-order valence-corrected chi connectivity index (χ2v) is 8.19. The Morgan fingerprint density at radius 3 is 2.62 bits per heavy atom. The normalized spacial score (nSPS) is 14.7. The molecule has 1 amide bonds. The van der Waals surface area contributed by atoms with E-state index in [0.717, 1.165) is 48.1 Å². The van der Waals surface area contributed by atoms with Crippen LogP contribution in [0.3, 0.4) is 0 Å². The van der Waals surface area contributed by atoms with Crippen LogP contribution in [0.5, 0.6) is 0 Å². The Labute approximate surface area is 176 Å². The van der Waals surface area contributed by atoms with Crippen LogP contribution >= 0.6 is 11.6 Å². The van der Waals surface area contributed by atoms with E-state index in [9.17, 15) is 4.79 Å². The monoisotopic (exact) mass is 408 g/mol. The van der Waals surface area contributed by atoms with Crippen molar-refractivity contribution in [2.75, 3.05) is 0 Å². The smallest absolute Gasteiger partial charge is 0.291 e. The van der Waals surface area contributed by atoms with Gasteiger partial charge in [0, 0.05) is 16.6 Å². The molecule has 0 aliphatic heterocycles. The van der Waals surface area contributed by atoms with E-state index in [-0.39, 0.29) is 17.8 Å². The molecule has 1 aliphatic rings. The number of rotatable bonds is 4. The van der Waals surface area contributed by atoms with Crippen LogP contribution < -0.4 is 5.32 Å². The Morgan fingerprint density at radius 1 is 1.10 bits per heavy atom. The molecule has 4 rings (SSSR count). The summed E-state index contributed by atoms with van der Waals surface area (Å²) in [4.78, 5) is 17.5. The Bertz CT molecular complexity index is 1040. The van der Waals surface area contributed by atoms with E-state index in [1.165, 1.54) is 6.42 Å². The number of benzene rings is 2. The minimum absolute atomic E-state index is 0.184. The van der Waals surface area contributed by atoms with Crippen molar-refractivity contribution in [2.45, 2.75) is 52.0 Å². The fourth-order valence-corrected chi connectivity index (χ4v) is 3.94. The highest BCUT2D eigenvalue weighted by atomic mass is 35.5. The molecule has 5 nitrogen and oxygen atoms in total. The lowest BCUT2D eigenvalue weighted by atomic mass is 9.95. The molecule has 1 fully saturated rings. The maximum Gasteiger partial charge on any atom is 0.291 e. The van der Waals surface area contributed by atoms with Gasteiger partial charge in [0.05, 0.1) is 5.69 Å². The predicted molar refractivity (Wildman–Crippen MR) is 116 cm³/mol. The highest BCUT2D eigenvalue weighted by molar-refractivity contribution is 6.31. The largest absolute Gasteiger partial charge is 0.347 e. The summed E-state index contributed by atoms with van der Waals surface area (Å²) >= 11 is 6.34. The first-order chi connectivity index (χ1) is 14.0. The highest BCUT2D eigenvalue weighted by Gasteiger charge is 2.22. The van der Waals surface area contributed by atoms with Crippen molar-refractivity contribution in [3.05, 3.63) is 64.4 Å². The van der Waals surface area contributed by atoms with Crippen LogP contribution in [0.25, 0.3) is 17.1 Å². The molecule has 2 aromatic carbocycles. The zero-order chi connectivity index (χ0) is 20.4. The summed E-state index contributed by atoms with van der Waals surface area (Å²) in [6, 6.07) is 14.0. The molecule has 0 unspecified atom stereocenters. The quantitative estimate of drug-likeness (QED) is 0.639. The van der Waals surface area contributed by atoms with Crippen LogP contribution in [0.2, 0.25) is 5.02 Å². The molecule has 0 radical (unpaired) electrons. The van der Waals surface area contributed by atoms with Gasteiger partial charge in [-0.1, -0.05) is 60.7 Å². The van der Waals surface area contributed by atoms with E-state index in [2.05, 4.69) is 15.4 Å². The zero-order valence-electron chi connectivity index (χ0n) is 16.8. The number of nitrogens with one attached hydrogen (secondary N) is 1. The molecule has 1 N–H and O–H groups in total. The third kappa shape index (κ3) is 4.35. The molecule has 0 saturated heterocycles. The number of amides is 1. The third-order valence-corrected chi connectivity index (χ3v) is 5.83. The van der Waals surface area contributed by atoms with Crippen LogP contribution in [0.1, 0.15) is 53.8 Å². The number of aromatic nitrogens is 3. The predicted octanol–water partition coefficient (Wildman–Crippen LogP) is 5.27. The van der Waals surface area contributed by atoms with Crippen molar-refractivity contribution >= 4 is 17.5 Å². The fraction of sp³-hybridized carbons (Fsp3) is 0.348. The van der Waals surface area contributed by atoms with Crippen LogP contribution in [0.4, 0.5) is 0 Å². The maximum absolute atomic E-state index is 12.9. The number of carbonyl (C=O) groups is 1. The lowest BCUT2D eigenvalue weighted by Crippen LogP contribution is -2.36. The summed E-state index contributed by atoms with van der Waals surface area (Å²) in [5, 5.41) is 8.32. The van der Waals surface area contributed by atoms with Crippen LogP contribution in [0.15, 0.2) is 42.5 Å². The van der Waals surface area contributed by atoms with Gasteiger partial charge in [0.1, 0.15) is 0 Å². The summed E-state index contributed by atoms with van der Waals surface area (Å²) in [5.41, 5.74) is 3.79. The van der Waals surface area contributed by atoms with Gasteiger partial charge in [0.2, 0.25) is 5.82 Å². The molecular formula is C23H25ClN4O. The van der Waals surface area contributed by atoms with Gasteiger partial charge >= 0.3 is 0 Å². The van der Waals surface area contributed by atoms with E-state index < -0.39 is 0 Å². The summed E-state index contributed by atoms with van der Waals surface area (Å²) < 4.78 is 1.70. The molecule has 1 aromatic heterocycles. The van der Waals surface area contributed by atoms with Crippen LogP contribution in [-0.4, -0.2) is 26.7 Å². The molecule has 0 spiro atoms. The van der Waals surface area contributed by atoms with E-state index >= 15 is 0 Å². The van der Waals surface area contributed by atoms with Crippen LogP contribution in [-0.2, 0) is 0 Å². The van der Waals surface area contributed by atoms with Gasteiger partial charge in [-0.05, 0) is 50.5 Å². The van der Waals surface area contributed by atoms with Crippen LogP contribution in [0, 0.1) is 13.8 Å². The summed E-state index contributed by atoms with van der Waals surface area (Å²) in [6.45, 7) is 3.99. The van der Waals surface area contributed by atoms with Crippen molar-refractivity contribution in [1.82, 2.24) is 20.1 Å². The van der Waals surface area contributed by atoms with E-state index in [1.807, 2.05) is 56.3 Å². The summed E-state index contributed by atoms with van der Waals surface area (Å²) in [5.74, 6) is 0.592. The van der Waals surface area contributed by atoms with Gasteiger partial charge in [0.15, 0.2) is 5.82 Å². The average Bonchev–Trinajstić information content (AvgIpc) is 3.16. The first-order valence-electron chi connectivity index (χ1n) is 10.1. The number of hydrogen-bond acceptors (Lipinski definition) is 3. The minimum Gasteiger partial charge on any atom is -0.347 e. The Kier molecular flexibility index (Phi) is 5.67. The third-order valence-electron chi connectivity index (χ3n) is 5.43. The van der Waals surface area contributed by atoms with Crippen molar-refractivity contribution in [1.29, 1.82) is 0 Å². The van der Waals surface area contributed by atoms with Gasteiger partial charge in [-0.15, -0.1) is 5.10 Å². The van der Waals surface area contributed by atoms with E-state index in [4.69, 9.17) is 11.6 Å². The second kappa shape index (κ2) is 8.37. The van der Waals surface area contributed by atoms with E-state index in [1.54, 1.807) is 4.68 Å². The topological polar surface area (TPSA) is 59.8 Å². The standard InChI is InChI=1S/C23H25ClN4O/c1-15-7-6-8-17(13-15)22-26-21(23(29)25-18-9-4-3-5-10-18)27-28(22)19-12-11-16(2)20(24)14-19/h6-8,11-14,18H,3-5,9-10H2,1-2H3,(H,25,29). The maximum atomic E-state index is 12.9. The number of carbonyl (C=O) groups excluding carboxylic acids is 1. The molecule has 1 heterocycles. The van der Waals surface area contributed by atoms with Gasteiger partial charge in [-0.25, -0.2) is 9.67 Å². The summed E-state index contributed by atoms with van der Waals surface area (Å²) in [6.07, 6.45) is 5.59. The number of aryl methyl sites for hydroxylation is 2. The first kappa shape index (κ1) is 19.6. The Morgan fingerprint density at radius 2 is 1.90 bits per heavy atom. The van der Waals surface area contributed by atoms with Gasteiger partial charge in [-0.2, -0.15) is 0 Å². The molecule has 3 aromatic rings. The lowest BCUT2D eigenvalue weighted by Gasteiger charge is -2.21. The number of halogens is 1. The fourth-order valence-electron chi connectivity index (χ4n) is 3.77. The molecule has 150 valence electrons. The van der Waals surface area contributed by atoms with Crippen molar-refractivity contribution in [3.63, 3.8) is 0 Å².